The first-order valence-electron chi connectivity index (χ1n) is 6.61. The minimum absolute atomic E-state index is 0.0611. The average Bonchev–Trinajstić information content (AvgIpc) is 2.54. The second-order valence-electron chi connectivity index (χ2n) is 4.56. The molecule has 2 N–H and O–H groups in total. The van der Waals surface area contributed by atoms with E-state index >= 15 is 0 Å². The van der Waals surface area contributed by atoms with Crippen LogP contribution >= 0.6 is 34.8 Å². The molecule has 24 heavy (non-hydrogen) atoms. The highest BCUT2D eigenvalue weighted by molar-refractivity contribution is 14.1. The highest BCUT2D eigenvalue weighted by atomic mass is 127. The van der Waals surface area contributed by atoms with Gasteiger partial charge in [0.2, 0.25) is 0 Å². The van der Waals surface area contributed by atoms with Gasteiger partial charge in [0.05, 0.1) is 23.8 Å². The number of anilines is 1. The number of nitro benzene ring substituents is 1. The van der Waals surface area contributed by atoms with E-state index < -0.39 is 4.92 Å². The molecule has 0 saturated carbocycles. The molecule has 0 saturated heterocycles. The summed E-state index contributed by atoms with van der Waals surface area (Å²) >= 11 is 7.21. The number of benzene rings is 2. The summed E-state index contributed by atoms with van der Waals surface area (Å²) in [4.78, 5) is 22.4. The quantitative estimate of drug-likeness (QED) is 0.317. The number of nitro groups is 1. The number of methoxy groups -OCH3 is 1. The molecule has 124 valence electrons. The van der Waals surface area contributed by atoms with Crippen LogP contribution in [0.25, 0.3) is 0 Å². The van der Waals surface area contributed by atoms with E-state index in [0.29, 0.717) is 11.3 Å². The summed E-state index contributed by atoms with van der Waals surface area (Å²) in [5.74, 6) is -0.109. The molecule has 0 aromatic heterocycles. The van der Waals surface area contributed by atoms with E-state index in [9.17, 15) is 14.9 Å². The zero-order valence-electron chi connectivity index (χ0n) is 12.4. The lowest BCUT2D eigenvalue weighted by atomic mass is 10.2. The zero-order valence-corrected chi connectivity index (χ0v) is 15.4. The minimum atomic E-state index is -0.524. The molecule has 0 radical (unpaired) electrons. The number of rotatable bonds is 4. The third-order valence-electron chi connectivity index (χ3n) is 2.96. The van der Waals surface area contributed by atoms with Crippen LogP contribution < -0.4 is 15.4 Å². The summed E-state index contributed by atoms with van der Waals surface area (Å²) < 4.78 is 6.03. The fourth-order valence-corrected chi connectivity index (χ4v) is 2.60. The van der Waals surface area contributed by atoms with Crippen LogP contribution in [0.5, 0.6) is 5.75 Å². The van der Waals surface area contributed by atoms with Gasteiger partial charge < -0.3 is 10.1 Å². The Morgan fingerprint density at radius 3 is 2.67 bits per heavy atom. The Labute approximate surface area is 156 Å². The molecule has 7 nitrogen and oxygen atoms in total. The predicted octanol–water partition coefficient (Wildman–Crippen LogP) is 3.33. The molecule has 0 aliphatic rings. The first-order valence-corrected chi connectivity index (χ1v) is 8.09. The van der Waals surface area contributed by atoms with Crippen molar-refractivity contribution in [3.63, 3.8) is 0 Å². The number of ether oxygens (including phenoxy) is 1. The van der Waals surface area contributed by atoms with Gasteiger partial charge in [0, 0.05) is 15.2 Å². The second kappa shape index (κ2) is 8.02. The van der Waals surface area contributed by atoms with Crippen molar-refractivity contribution in [1.29, 1.82) is 0 Å². The molecule has 2 aromatic rings. The number of hydrogen-bond donors (Lipinski definition) is 2. The van der Waals surface area contributed by atoms with Crippen LogP contribution in [0.4, 0.5) is 11.4 Å². The minimum Gasteiger partial charge on any atom is -0.494 e. The molecule has 0 aliphatic carbocycles. The van der Waals surface area contributed by atoms with Crippen LogP contribution in [0.15, 0.2) is 42.5 Å². The SMILES string of the molecule is COc1cc([N+](=O)[O-])ccc1NC(=S)NC(=O)c1cccc(I)c1. The van der Waals surface area contributed by atoms with Crippen LogP contribution in [0.3, 0.4) is 0 Å². The van der Waals surface area contributed by atoms with Gasteiger partial charge in [-0.05, 0) is 59.1 Å². The van der Waals surface area contributed by atoms with Crippen LogP contribution in [-0.4, -0.2) is 23.1 Å². The number of non-ortho nitro benzene ring substituents is 1. The van der Waals surface area contributed by atoms with Crippen LogP contribution in [-0.2, 0) is 0 Å². The molecule has 0 bridgehead atoms. The molecule has 2 rings (SSSR count). The Morgan fingerprint density at radius 1 is 1.29 bits per heavy atom. The van der Waals surface area contributed by atoms with Gasteiger partial charge in [0.1, 0.15) is 5.75 Å². The average molecular weight is 457 g/mol. The molecule has 2 aromatic carbocycles. The van der Waals surface area contributed by atoms with E-state index in [0.717, 1.165) is 3.57 Å². The Bertz CT molecular complexity index is 813. The maximum atomic E-state index is 12.1. The van der Waals surface area contributed by atoms with Crippen LogP contribution in [0.1, 0.15) is 10.4 Å². The third-order valence-corrected chi connectivity index (χ3v) is 3.83. The van der Waals surface area contributed by atoms with Gasteiger partial charge in [0.15, 0.2) is 5.11 Å². The first-order chi connectivity index (χ1) is 11.4. The standard InChI is InChI=1S/C15H12IN3O4S/c1-23-13-8-11(19(21)22)5-6-12(13)17-15(24)18-14(20)9-3-2-4-10(16)7-9/h2-8H,1H3,(H2,17,18,20,24). The van der Waals surface area contributed by atoms with Crippen molar-refractivity contribution in [3.05, 3.63) is 61.7 Å². The van der Waals surface area contributed by atoms with Gasteiger partial charge in [-0.2, -0.15) is 0 Å². The molecule has 1 amide bonds. The molecule has 0 unspecified atom stereocenters. The summed E-state index contributed by atoms with van der Waals surface area (Å²) in [6, 6.07) is 11.1. The van der Waals surface area contributed by atoms with E-state index in [4.69, 9.17) is 17.0 Å². The van der Waals surface area contributed by atoms with Gasteiger partial charge in [0.25, 0.3) is 11.6 Å². The Hall–Kier alpha value is -2.27. The molecule has 0 fully saturated rings. The lowest BCUT2D eigenvalue weighted by Gasteiger charge is -2.12. The van der Waals surface area contributed by atoms with E-state index in [1.807, 2.05) is 6.07 Å². The smallest absolute Gasteiger partial charge is 0.273 e. The Kier molecular flexibility index (Phi) is 6.04. The third kappa shape index (κ3) is 4.61. The van der Waals surface area contributed by atoms with Gasteiger partial charge in [-0.3, -0.25) is 20.2 Å². The van der Waals surface area contributed by atoms with Crippen molar-refractivity contribution < 1.29 is 14.5 Å². The van der Waals surface area contributed by atoms with Crippen molar-refractivity contribution in [1.82, 2.24) is 5.32 Å². The van der Waals surface area contributed by atoms with E-state index in [1.165, 1.54) is 25.3 Å². The van der Waals surface area contributed by atoms with E-state index in [1.54, 1.807) is 18.2 Å². The normalized spacial score (nSPS) is 9.92. The summed E-state index contributed by atoms with van der Waals surface area (Å²) in [5, 5.41) is 16.2. The highest BCUT2D eigenvalue weighted by Gasteiger charge is 2.14. The number of carbonyl (C=O) groups excluding carboxylic acids is 1. The van der Waals surface area contributed by atoms with Gasteiger partial charge in [-0.1, -0.05) is 6.07 Å². The largest absolute Gasteiger partial charge is 0.494 e. The van der Waals surface area contributed by atoms with Crippen molar-refractivity contribution in [3.8, 4) is 5.75 Å². The maximum Gasteiger partial charge on any atom is 0.273 e. The number of nitrogens with zero attached hydrogens (tertiary/aromatic N) is 1. The van der Waals surface area contributed by atoms with Crippen LogP contribution in [0, 0.1) is 13.7 Å². The first kappa shape index (κ1) is 18.1. The fraction of sp³-hybridized carbons (Fsp3) is 0.0667. The fourth-order valence-electron chi connectivity index (χ4n) is 1.86. The number of thiocarbonyl (C=S) groups is 1. The maximum absolute atomic E-state index is 12.1. The molecule has 0 heterocycles. The van der Waals surface area contributed by atoms with Crippen LogP contribution in [0.2, 0.25) is 0 Å². The van der Waals surface area contributed by atoms with E-state index in [2.05, 4.69) is 33.2 Å². The Balaban J connectivity index is 2.09. The topological polar surface area (TPSA) is 93.5 Å². The van der Waals surface area contributed by atoms with Crippen molar-refractivity contribution in [2.75, 3.05) is 12.4 Å². The van der Waals surface area contributed by atoms with Crippen molar-refractivity contribution in [2.45, 2.75) is 0 Å². The molecule has 0 aliphatic heterocycles. The number of hydrogen-bond acceptors (Lipinski definition) is 5. The highest BCUT2D eigenvalue weighted by Crippen LogP contribution is 2.28. The Morgan fingerprint density at radius 2 is 2.04 bits per heavy atom. The monoisotopic (exact) mass is 457 g/mol. The van der Waals surface area contributed by atoms with Gasteiger partial charge in [-0.15, -0.1) is 0 Å². The van der Waals surface area contributed by atoms with E-state index in [-0.39, 0.29) is 22.5 Å². The number of amides is 1. The molecular formula is C15H12IN3O4S. The summed E-state index contributed by atoms with van der Waals surface area (Å²) in [7, 11) is 1.39. The molecule has 9 heteroatoms. The summed E-state index contributed by atoms with van der Waals surface area (Å²) in [6.45, 7) is 0. The molecule has 0 atom stereocenters. The number of carbonyl (C=O) groups is 1. The molecule has 0 spiro atoms. The summed E-state index contributed by atoms with van der Waals surface area (Å²) in [5.41, 5.74) is 0.781. The molecular weight excluding hydrogens is 445 g/mol. The van der Waals surface area contributed by atoms with Crippen molar-refractivity contribution >= 4 is 57.2 Å². The summed E-state index contributed by atoms with van der Waals surface area (Å²) in [6.07, 6.45) is 0. The zero-order chi connectivity index (χ0) is 17.7. The van der Waals surface area contributed by atoms with Gasteiger partial charge >= 0.3 is 0 Å². The number of halogens is 1. The lowest BCUT2D eigenvalue weighted by molar-refractivity contribution is -0.384. The second-order valence-corrected chi connectivity index (χ2v) is 6.21. The van der Waals surface area contributed by atoms with Gasteiger partial charge in [-0.25, -0.2) is 0 Å². The lowest BCUT2D eigenvalue weighted by Crippen LogP contribution is -2.34. The number of nitrogens with one attached hydrogen (secondary N) is 2. The predicted molar refractivity (Wildman–Crippen MR) is 102 cm³/mol. The van der Waals surface area contributed by atoms with Crippen molar-refractivity contribution in [2.24, 2.45) is 0 Å².